The fraction of sp³-hybridized carbons (Fsp3) is 0.462. The summed E-state index contributed by atoms with van der Waals surface area (Å²) in [6.07, 6.45) is 0.749. The van der Waals surface area contributed by atoms with E-state index in [0.29, 0.717) is 19.7 Å². The first-order chi connectivity index (χ1) is 9.54. The predicted molar refractivity (Wildman–Crippen MR) is 70.7 cm³/mol. The highest BCUT2D eigenvalue weighted by atomic mass is 16.6. The van der Waals surface area contributed by atoms with E-state index in [2.05, 4.69) is 0 Å². The molecule has 0 radical (unpaired) electrons. The van der Waals surface area contributed by atoms with Gasteiger partial charge in [0.25, 0.3) is 5.91 Å². The summed E-state index contributed by atoms with van der Waals surface area (Å²) in [6, 6.07) is 3.95. The number of carbonyl (C=O) groups is 1. The van der Waals surface area contributed by atoms with Crippen molar-refractivity contribution >= 4 is 11.6 Å². The van der Waals surface area contributed by atoms with Crippen molar-refractivity contribution in [1.29, 1.82) is 0 Å². The van der Waals surface area contributed by atoms with E-state index in [1.807, 2.05) is 6.92 Å². The van der Waals surface area contributed by atoms with Gasteiger partial charge in [0.15, 0.2) is 0 Å². The molecular formula is C13H16N2O5. The van der Waals surface area contributed by atoms with Crippen molar-refractivity contribution in [3.8, 4) is 5.75 Å². The maximum Gasteiger partial charge on any atom is 0.311 e. The van der Waals surface area contributed by atoms with Gasteiger partial charge in [0, 0.05) is 19.2 Å². The van der Waals surface area contributed by atoms with E-state index >= 15 is 0 Å². The SMILES string of the molecule is CCC1CN(C(=O)c2cccc([N+](=O)[O-])c2O)CCO1. The minimum atomic E-state index is -0.708. The van der Waals surface area contributed by atoms with Crippen molar-refractivity contribution in [3.63, 3.8) is 0 Å². The monoisotopic (exact) mass is 280 g/mol. The molecule has 20 heavy (non-hydrogen) atoms. The average Bonchev–Trinajstić information content (AvgIpc) is 2.46. The number of hydrogen-bond acceptors (Lipinski definition) is 5. The molecule has 1 aromatic carbocycles. The smallest absolute Gasteiger partial charge is 0.311 e. The molecule has 1 aromatic rings. The van der Waals surface area contributed by atoms with Gasteiger partial charge in [0.05, 0.1) is 23.2 Å². The van der Waals surface area contributed by atoms with Crippen molar-refractivity contribution in [3.05, 3.63) is 33.9 Å². The third-order valence-corrected chi connectivity index (χ3v) is 3.32. The maximum atomic E-state index is 12.3. The standard InChI is InChI=1S/C13H16N2O5/c1-2-9-8-14(6-7-20-9)13(17)10-4-3-5-11(12(10)16)15(18)19/h3-5,9,16H,2,6-8H2,1H3. The number of nitro groups is 1. The molecule has 1 aliphatic rings. The largest absolute Gasteiger partial charge is 0.502 e. The van der Waals surface area contributed by atoms with Gasteiger partial charge in [-0.25, -0.2) is 0 Å². The molecule has 0 bridgehead atoms. The number of morpholine rings is 1. The molecule has 0 saturated carbocycles. The van der Waals surface area contributed by atoms with Crippen LogP contribution >= 0.6 is 0 Å². The summed E-state index contributed by atoms with van der Waals surface area (Å²) in [5.74, 6) is -0.991. The van der Waals surface area contributed by atoms with Crippen LogP contribution in [0.25, 0.3) is 0 Å². The summed E-state index contributed by atoms with van der Waals surface area (Å²) < 4.78 is 5.47. The average molecular weight is 280 g/mol. The molecule has 0 spiro atoms. The second kappa shape index (κ2) is 5.87. The summed E-state index contributed by atoms with van der Waals surface area (Å²) in [5.41, 5.74) is -0.507. The molecule has 0 aliphatic carbocycles. The Labute approximate surface area is 115 Å². The lowest BCUT2D eigenvalue weighted by molar-refractivity contribution is -0.385. The number of phenols is 1. The van der Waals surface area contributed by atoms with Gasteiger partial charge in [-0.2, -0.15) is 0 Å². The number of phenolic OH excluding ortho intramolecular Hbond substituents is 1. The number of ether oxygens (including phenoxy) is 1. The first kappa shape index (κ1) is 14.3. The van der Waals surface area contributed by atoms with Crippen LogP contribution in [-0.2, 0) is 4.74 Å². The van der Waals surface area contributed by atoms with Crippen molar-refractivity contribution in [2.75, 3.05) is 19.7 Å². The molecule has 108 valence electrons. The molecule has 7 heteroatoms. The Morgan fingerprint density at radius 3 is 3.00 bits per heavy atom. The zero-order valence-corrected chi connectivity index (χ0v) is 11.1. The Morgan fingerprint density at radius 2 is 2.35 bits per heavy atom. The lowest BCUT2D eigenvalue weighted by Gasteiger charge is -2.32. The second-order valence-corrected chi connectivity index (χ2v) is 4.58. The second-order valence-electron chi connectivity index (χ2n) is 4.58. The zero-order chi connectivity index (χ0) is 14.7. The van der Waals surface area contributed by atoms with E-state index in [-0.39, 0.29) is 11.7 Å². The molecule has 0 aromatic heterocycles. The van der Waals surface area contributed by atoms with Crippen LogP contribution in [0.4, 0.5) is 5.69 Å². The van der Waals surface area contributed by atoms with Crippen molar-refractivity contribution < 1.29 is 19.6 Å². The van der Waals surface area contributed by atoms with E-state index in [1.165, 1.54) is 18.2 Å². The normalized spacial score (nSPS) is 18.9. The van der Waals surface area contributed by atoms with Gasteiger partial charge in [-0.05, 0) is 12.5 Å². The minimum Gasteiger partial charge on any atom is -0.502 e. The first-order valence-electron chi connectivity index (χ1n) is 6.41. The molecule has 7 nitrogen and oxygen atoms in total. The van der Waals surface area contributed by atoms with Crippen LogP contribution in [0.2, 0.25) is 0 Å². The Morgan fingerprint density at radius 1 is 1.60 bits per heavy atom. The Balaban J connectivity index is 2.25. The Kier molecular flexibility index (Phi) is 4.19. The van der Waals surface area contributed by atoms with Gasteiger partial charge in [-0.15, -0.1) is 0 Å². The molecule has 1 aliphatic heterocycles. The molecule has 1 fully saturated rings. The highest BCUT2D eigenvalue weighted by Crippen LogP contribution is 2.30. The summed E-state index contributed by atoms with van der Waals surface area (Å²) in [6.45, 7) is 3.23. The zero-order valence-electron chi connectivity index (χ0n) is 11.1. The Bertz CT molecular complexity index is 531. The minimum absolute atomic E-state index is 0.0338. The third kappa shape index (κ3) is 2.72. The van der Waals surface area contributed by atoms with Crippen LogP contribution in [-0.4, -0.2) is 46.6 Å². The topological polar surface area (TPSA) is 92.9 Å². The molecule has 1 saturated heterocycles. The van der Waals surface area contributed by atoms with Gasteiger partial charge in [0.2, 0.25) is 5.75 Å². The van der Waals surface area contributed by atoms with Crippen LogP contribution in [0.1, 0.15) is 23.7 Å². The summed E-state index contributed by atoms with van der Waals surface area (Å²) in [7, 11) is 0. The fourth-order valence-corrected chi connectivity index (χ4v) is 2.17. The highest BCUT2D eigenvalue weighted by Gasteiger charge is 2.28. The molecule has 1 heterocycles. The summed E-state index contributed by atoms with van der Waals surface area (Å²) >= 11 is 0. The van der Waals surface area contributed by atoms with Crippen LogP contribution in [0.15, 0.2) is 18.2 Å². The van der Waals surface area contributed by atoms with E-state index in [1.54, 1.807) is 4.90 Å². The van der Waals surface area contributed by atoms with Crippen LogP contribution in [0.3, 0.4) is 0 Å². The molecule has 1 amide bonds. The molecule has 1 N–H and O–H groups in total. The number of amides is 1. The number of carbonyl (C=O) groups excluding carboxylic acids is 1. The first-order valence-corrected chi connectivity index (χ1v) is 6.41. The number of para-hydroxylation sites is 1. The van der Waals surface area contributed by atoms with Crippen LogP contribution in [0, 0.1) is 10.1 Å². The van der Waals surface area contributed by atoms with Gasteiger partial charge in [0.1, 0.15) is 0 Å². The van der Waals surface area contributed by atoms with Crippen LogP contribution in [0.5, 0.6) is 5.75 Å². The predicted octanol–water partition coefficient (Wildman–Crippen LogP) is 1.55. The van der Waals surface area contributed by atoms with Crippen molar-refractivity contribution in [1.82, 2.24) is 4.90 Å². The quantitative estimate of drug-likeness (QED) is 0.669. The number of nitrogens with zero attached hydrogens (tertiary/aromatic N) is 2. The van der Waals surface area contributed by atoms with Crippen molar-refractivity contribution in [2.24, 2.45) is 0 Å². The van der Waals surface area contributed by atoms with Gasteiger partial charge >= 0.3 is 5.69 Å². The van der Waals surface area contributed by atoms with E-state index in [9.17, 15) is 20.0 Å². The van der Waals surface area contributed by atoms with Crippen LogP contribution < -0.4 is 0 Å². The fourth-order valence-electron chi connectivity index (χ4n) is 2.17. The number of nitro benzene ring substituents is 1. The van der Waals surface area contributed by atoms with Gasteiger partial charge in [-0.3, -0.25) is 14.9 Å². The number of aromatic hydroxyl groups is 1. The van der Waals surface area contributed by atoms with Crippen molar-refractivity contribution in [2.45, 2.75) is 19.4 Å². The molecular weight excluding hydrogens is 264 g/mol. The number of hydrogen-bond donors (Lipinski definition) is 1. The number of benzene rings is 1. The highest BCUT2D eigenvalue weighted by molar-refractivity contribution is 5.98. The number of rotatable bonds is 3. The van der Waals surface area contributed by atoms with Gasteiger partial charge < -0.3 is 14.7 Å². The summed E-state index contributed by atoms with van der Waals surface area (Å²) in [5, 5.41) is 20.6. The lowest BCUT2D eigenvalue weighted by atomic mass is 10.1. The maximum absolute atomic E-state index is 12.3. The summed E-state index contributed by atoms with van der Waals surface area (Å²) in [4.78, 5) is 24.0. The molecule has 1 unspecified atom stereocenters. The van der Waals surface area contributed by atoms with E-state index in [0.717, 1.165) is 6.42 Å². The molecule has 1 atom stereocenters. The third-order valence-electron chi connectivity index (χ3n) is 3.32. The lowest BCUT2D eigenvalue weighted by Crippen LogP contribution is -2.45. The van der Waals surface area contributed by atoms with E-state index in [4.69, 9.17) is 4.74 Å². The van der Waals surface area contributed by atoms with Gasteiger partial charge in [-0.1, -0.05) is 13.0 Å². The Hall–Kier alpha value is -2.15. The van der Waals surface area contributed by atoms with E-state index < -0.39 is 22.3 Å². The molecule has 2 rings (SSSR count).